The molecular weight excluding hydrogens is 500 g/mol. The number of hydrogen-bond acceptors (Lipinski definition) is 7. The third-order valence-electron chi connectivity index (χ3n) is 6.24. The van der Waals surface area contributed by atoms with Crippen molar-refractivity contribution in [2.24, 2.45) is 0 Å². The number of para-hydroxylation sites is 1. The summed E-state index contributed by atoms with van der Waals surface area (Å²) in [5, 5.41) is 12.6. The van der Waals surface area contributed by atoms with Gasteiger partial charge in [0.1, 0.15) is 0 Å². The van der Waals surface area contributed by atoms with Gasteiger partial charge in [0.15, 0.2) is 22.4 Å². The van der Waals surface area contributed by atoms with Crippen LogP contribution in [0.5, 0.6) is 11.5 Å². The van der Waals surface area contributed by atoms with E-state index in [2.05, 4.69) is 28.5 Å². The predicted octanol–water partition coefficient (Wildman–Crippen LogP) is 5.79. The number of nitrogens with one attached hydrogen (secondary N) is 1. The number of nitrogens with zero attached hydrogens (tertiary/aromatic N) is 3. The number of benzene rings is 3. The van der Waals surface area contributed by atoms with Crippen LogP contribution in [0.15, 0.2) is 94.7 Å². The first-order chi connectivity index (χ1) is 18.7. The molecule has 0 saturated heterocycles. The minimum absolute atomic E-state index is 0.143. The van der Waals surface area contributed by atoms with Gasteiger partial charge in [-0.2, -0.15) is 0 Å². The van der Waals surface area contributed by atoms with Crippen LogP contribution in [0.2, 0.25) is 0 Å². The van der Waals surface area contributed by atoms with Gasteiger partial charge in [0.25, 0.3) is 5.91 Å². The molecule has 6 rings (SSSR count). The third kappa shape index (κ3) is 4.76. The van der Waals surface area contributed by atoms with Crippen molar-refractivity contribution in [1.82, 2.24) is 20.1 Å². The molecule has 1 aliphatic heterocycles. The Bertz CT molecular complexity index is 1600. The van der Waals surface area contributed by atoms with Gasteiger partial charge in [-0.3, -0.25) is 9.36 Å². The minimum Gasteiger partial charge on any atom is -0.461 e. The Kier molecular flexibility index (Phi) is 6.58. The summed E-state index contributed by atoms with van der Waals surface area (Å²) in [6.07, 6.45) is 1.62. The lowest BCUT2D eigenvalue weighted by molar-refractivity contribution is 0.0950. The maximum Gasteiger partial charge on any atom is 0.251 e. The van der Waals surface area contributed by atoms with Crippen LogP contribution in [-0.4, -0.2) is 27.5 Å². The topological polar surface area (TPSA) is 91.4 Å². The number of furan rings is 1. The van der Waals surface area contributed by atoms with E-state index in [0.717, 1.165) is 28.1 Å². The van der Waals surface area contributed by atoms with Crippen molar-refractivity contribution < 1.29 is 18.7 Å². The van der Waals surface area contributed by atoms with E-state index in [1.165, 1.54) is 11.8 Å². The summed E-state index contributed by atoms with van der Waals surface area (Å²) in [6.45, 7) is 2.65. The smallest absolute Gasteiger partial charge is 0.251 e. The summed E-state index contributed by atoms with van der Waals surface area (Å²) in [6, 6.07) is 25.0. The van der Waals surface area contributed by atoms with Crippen molar-refractivity contribution in [2.45, 2.75) is 24.4 Å². The maximum absolute atomic E-state index is 13.2. The van der Waals surface area contributed by atoms with Crippen molar-refractivity contribution in [3.8, 4) is 28.8 Å². The molecule has 0 spiro atoms. The zero-order valence-electron chi connectivity index (χ0n) is 20.6. The fourth-order valence-electron chi connectivity index (χ4n) is 4.30. The molecule has 38 heavy (non-hydrogen) atoms. The molecule has 0 atom stereocenters. The molecule has 0 radical (unpaired) electrons. The Labute approximate surface area is 223 Å². The van der Waals surface area contributed by atoms with Gasteiger partial charge >= 0.3 is 0 Å². The number of rotatable bonds is 8. The van der Waals surface area contributed by atoms with E-state index < -0.39 is 0 Å². The number of aromatic nitrogens is 3. The van der Waals surface area contributed by atoms with E-state index in [4.69, 9.17) is 13.9 Å². The monoisotopic (exact) mass is 524 g/mol. The average Bonchev–Trinajstić information content (AvgIpc) is 3.71. The van der Waals surface area contributed by atoms with Crippen molar-refractivity contribution in [2.75, 3.05) is 6.79 Å². The van der Waals surface area contributed by atoms with Gasteiger partial charge in [-0.15, -0.1) is 10.2 Å². The van der Waals surface area contributed by atoms with Gasteiger partial charge in [0.05, 0.1) is 12.0 Å². The zero-order chi connectivity index (χ0) is 25.9. The van der Waals surface area contributed by atoms with Gasteiger partial charge < -0.3 is 19.2 Å². The number of fused-ring (bicyclic) bond motifs is 1. The second kappa shape index (κ2) is 10.5. The summed E-state index contributed by atoms with van der Waals surface area (Å²) in [4.78, 5) is 13.2. The van der Waals surface area contributed by atoms with Crippen LogP contribution in [0.4, 0.5) is 0 Å². The van der Waals surface area contributed by atoms with Crippen LogP contribution in [0.1, 0.15) is 27.0 Å². The first-order valence-electron chi connectivity index (χ1n) is 12.1. The van der Waals surface area contributed by atoms with Crippen molar-refractivity contribution in [3.63, 3.8) is 0 Å². The van der Waals surface area contributed by atoms with E-state index in [-0.39, 0.29) is 12.7 Å². The molecule has 0 aliphatic carbocycles. The maximum atomic E-state index is 13.2. The highest BCUT2D eigenvalue weighted by molar-refractivity contribution is 7.98. The van der Waals surface area contributed by atoms with Crippen molar-refractivity contribution >= 4 is 17.7 Å². The highest BCUT2D eigenvalue weighted by atomic mass is 32.2. The number of amides is 1. The number of hydrogen-bond donors (Lipinski definition) is 1. The summed E-state index contributed by atoms with van der Waals surface area (Å²) in [5.74, 6) is 3.07. The normalized spacial score (nSPS) is 12.0. The molecule has 0 fully saturated rings. The summed E-state index contributed by atoms with van der Waals surface area (Å²) in [5.41, 5.74) is 4.52. The molecule has 3 heterocycles. The molecule has 2 aromatic heterocycles. The number of aryl methyl sites for hydroxylation is 1. The standard InChI is InChI=1S/C29H24N4O4S/c1-19-7-2-5-10-23(19)33-27(25-11-6-14-35-25)31-32-29(33)38-17-21-8-3-4-9-22(21)28(34)30-16-20-12-13-24-26(15-20)37-18-36-24/h2-15H,16-18H2,1H3,(H,30,34). The minimum atomic E-state index is -0.143. The Morgan fingerprint density at radius 2 is 1.82 bits per heavy atom. The molecule has 1 N–H and O–H groups in total. The first-order valence-corrected chi connectivity index (χ1v) is 13.1. The van der Waals surface area contributed by atoms with Crippen LogP contribution in [0.25, 0.3) is 17.3 Å². The average molecular weight is 525 g/mol. The number of carbonyl (C=O) groups excluding carboxylic acids is 1. The van der Waals surface area contributed by atoms with E-state index in [0.29, 0.717) is 40.4 Å². The fourth-order valence-corrected chi connectivity index (χ4v) is 5.25. The lowest BCUT2D eigenvalue weighted by Crippen LogP contribution is -2.23. The van der Waals surface area contributed by atoms with E-state index in [1.54, 1.807) is 6.26 Å². The van der Waals surface area contributed by atoms with E-state index in [9.17, 15) is 4.79 Å². The third-order valence-corrected chi connectivity index (χ3v) is 7.22. The van der Waals surface area contributed by atoms with Crippen LogP contribution in [0.3, 0.4) is 0 Å². The Hall–Kier alpha value is -4.50. The van der Waals surface area contributed by atoms with Crippen LogP contribution in [-0.2, 0) is 12.3 Å². The molecule has 0 saturated carbocycles. The lowest BCUT2D eigenvalue weighted by Gasteiger charge is -2.13. The van der Waals surface area contributed by atoms with Gasteiger partial charge in [-0.05, 0) is 60.0 Å². The van der Waals surface area contributed by atoms with Gasteiger partial charge in [0.2, 0.25) is 12.6 Å². The van der Waals surface area contributed by atoms with Crippen molar-refractivity contribution in [1.29, 1.82) is 0 Å². The largest absolute Gasteiger partial charge is 0.461 e. The SMILES string of the molecule is Cc1ccccc1-n1c(SCc2ccccc2C(=O)NCc2ccc3c(c2)OCO3)nnc1-c1ccco1. The Morgan fingerprint density at radius 3 is 2.68 bits per heavy atom. The molecule has 5 aromatic rings. The molecule has 3 aromatic carbocycles. The molecule has 1 amide bonds. The van der Waals surface area contributed by atoms with Crippen LogP contribution < -0.4 is 14.8 Å². The first kappa shape index (κ1) is 23.9. The van der Waals surface area contributed by atoms with E-state index >= 15 is 0 Å². The van der Waals surface area contributed by atoms with Gasteiger partial charge in [0, 0.05) is 17.9 Å². The highest BCUT2D eigenvalue weighted by Gasteiger charge is 2.20. The number of thioether (sulfide) groups is 1. The van der Waals surface area contributed by atoms with E-state index in [1.807, 2.05) is 77.4 Å². The molecule has 190 valence electrons. The Balaban J connectivity index is 1.22. The molecule has 9 heteroatoms. The molecule has 8 nitrogen and oxygen atoms in total. The van der Waals surface area contributed by atoms with Gasteiger partial charge in [-0.1, -0.05) is 54.2 Å². The lowest BCUT2D eigenvalue weighted by atomic mass is 10.1. The summed E-state index contributed by atoms with van der Waals surface area (Å²) < 4.78 is 18.4. The predicted molar refractivity (Wildman–Crippen MR) is 144 cm³/mol. The van der Waals surface area contributed by atoms with Crippen LogP contribution >= 0.6 is 11.8 Å². The Morgan fingerprint density at radius 1 is 0.974 bits per heavy atom. The van der Waals surface area contributed by atoms with Crippen molar-refractivity contribution in [3.05, 3.63) is 107 Å². The fraction of sp³-hybridized carbons (Fsp3) is 0.138. The quantitative estimate of drug-likeness (QED) is 0.257. The second-order valence-corrected chi connectivity index (χ2v) is 9.66. The molecule has 0 unspecified atom stereocenters. The number of ether oxygens (including phenoxy) is 2. The number of carbonyl (C=O) groups is 1. The second-order valence-electron chi connectivity index (χ2n) is 8.72. The zero-order valence-corrected chi connectivity index (χ0v) is 21.4. The highest BCUT2D eigenvalue weighted by Crippen LogP contribution is 2.33. The molecular formula is C29H24N4O4S. The van der Waals surface area contributed by atoms with Gasteiger partial charge in [-0.25, -0.2) is 0 Å². The summed E-state index contributed by atoms with van der Waals surface area (Å²) in [7, 11) is 0. The van der Waals surface area contributed by atoms with Crippen LogP contribution in [0, 0.1) is 6.92 Å². The summed E-state index contributed by atoms with van der Waals surface area (Å²) >= 11 is 1.52. The molecule has 0 bridgehead atoms. The molecule has 1 aliphatic rings.